The summed E-state index contributed by atoms with van der Waals surface area (Å²) in [7, 11) is -3.77. The molecule has 0 aliphatic heterocycles. The average Bonchev–Trinajstić information content (AvgIpc) is 2.54. The topological polar surface area (TPSA) is 66.5 Å². The van der Waals surface area contributed by atoms with E-state index >= 15 is 0 Å². The van der Waals surface area contributed by atoms with E-state index in [0.29, 0.717) is 5.69 Å². The highest BCUT2D eigenvalue weighted by Crippen LogP contribution is 2.30. The number of alkyl halides is 3. The Balaban J connectivity index is 2.23. The highest BCUT2D eigenvalue weighted by Gasteiger charge is 2.30. The van der Waals surface area contributed by atoms with Crippen LogP contribution >= 0.6 is 0 Å². The molecule has 9 heteroatoms. The van der Waals surface area contributed by atoms with Crippen LogP contribution in [0.1, 0.15) is 16.7 Å². The molecule has 0 heterocycles. The van der Waals surface area contributed by atoms with Crippen molar-refractivity contribution in [3.05, 3.63) is 59.2 Å². The fourth-order valence-electron chi connectivity index (χ4n) is 2.38. The molecule has 0 fully saturated rings. The van der Waals surface area contributed by atoms with Crippen LogP contribution in [0.3, 0.4) is 0 Å². The molecule has 0 radical (unpaired) electrons. The van der Waals surface area contributed by atoms with E-state index in [9.17, 15) is 26.4 Å². The van der Waals surface area contributed by atoms with Gasteiger partial charge < -0.3 is 5.32 Å². The molecule has 0 bridgehead atoms. The van der Waals surface area contributed by atoms with Gasteiger partial charge in [0.25, 0.3) is 0 Å². The fraction of sp³-hybridized carbons (Fsp3) is 0.278. The minimum atomic E-state index is -4.54. The normalized spacial score (nSPS) is 11.9. The first-order chi connectivity index (χ1) is 12.4. The van der Waals surface area contributed by atoms with Crippen LogP contribution in [0.5, 0.6) is 0 Å². The standard InChI is InChI=1S/C18H19F3N2O3S/c1-12-7-8-16(9-13(12)2)23(27(3,25)26)11-17(24)22-15-6-4-5-14(10-15)18(19,20)21/h4-10H,11H2,1-3H3,(H,22,24). The second kappa shape index (κ2) is 7.59. The Bertz CT molecular complexity index is 957. The fourth-order valence-corrected chi connectivity index (χ4v) is 3.23. The Morgan fingerprint density at radius 2 is 1.74 bits per heavy atom. The van der Waals surface area contributed by atoms with Crippen molar-refractivity contribution in [1.82, 2.24) is 0 Å². The maximum absolute atomic E-state index is 12.8. The number of halogens is 3. The van der Waals surface area contributed by atoms with Gasteiger partial charge in [0.05, 0.1) is 17.5 Å². The van der Waals surface area contributed by atoms with E-state index in [-0.39, 0.29) is 5.69 Å². The molecule has 1 N–H and O–H groups in total. The summed E-state index contributed by atoms with van der Waals surface area (Å²) in [5.74, 6) is -0.752. The molecule has 0 unspecified atom stereocenters. The summed E-state index contributed by atoms with van der Waals surface area (Å²) >= 11 is 0. The highest BCUT2D eigenvalue weighted by atomic mass is 32.2. The second-order valence-electron chi connectivity index (χ2n) is 6.16. The molecule has 146 valence electrons. The summed E-state index contributed by atoms with van der Waals surface area (Å²) in [4.78, 5) is 12.3. The predicted octanol–water partition coefficient (Wildman–Crippen LogP) is 3.73. The van der Waals surface area contributed by atoms with E-state index in [2.05, 4.69) is 5.32 Å². The van der Waals surface area contributed by atoms with Crippen molar-refractivity contribution in [2.24, 2.45) is 0 Å². The van der Waals surface area contributed by atoms with Crippen LogP contribution in [0.2, 0.25) is 0 Å². The third kappa shape index (κ3) is 5.46. The molecular formula is C18H19F3N2O3S. The number of hydrogen-bond acceptors (Lipinski definition) is 3. The van der Waals surface area contributed by atoms with Gasteiger partial charge >= 0.3 is 6.18 Å². The molecule has 1 amide bonds. The van der Waals surface area contributed by atoms with E-state index in [1.807, 2.05) is 13.8 Å². The van der Waals surface area contributed by atoms with Crippen LogP contribution in [-0.2, 0) is 21.0 Å². The van der Waals surface area contributed by atoms with Crippen molar-refractivity contribution in [2.45, 2.75) is 20.0 Å². The van der Waals surface area contributed by atoms with E-state index in [4.69, 9.17) is 0 Å². The minimum Gasteiger partial charge on any atom is -0.325 e. The van der Waals surface area contributed by atoms with Gasteiger partial charge in [-0.2, -0.15) is 13.2 Å². The van der Waals surface area contributed by atoms with Gasteiger partial charge in [-0.3, -0.25) is 9.10 Å². The van der Waals surface area contributed by atoms with Crippen LogP contribution in [0, 0.1) is 13.8 Å². The van der Waals surface area contributed by atoms with Crippen molar-refractivity contribution in [1.29, 1.82) is 0 Å². The number of anilines is 2. The van der Waals surface area contributed by atoms with Crippen LogP contribution < -0.4 is 9.62 Å². The van der Waals surface area contributed by atoms with Gasteiger partial charge in [-0.05, 0) is 55.3 Å². The van der Waals surface area contributed by atoms with Crippen LogP contribution in [0.25, 0.3) is 0 Å². The van der Waals surface area contributed by atoms with Gasteiger partial charge in [-0.15, -0.1) is 0 Å². The largest absolute Gasteiger partial charge is 0.416 e. The quantitative estimate of drug-likeness (QED) is 0.832. The lowest BCUT2D eigenvalue weighted by Crippen LogP contribution is -2.37. The summed E-state index contributed by atoms with van der Waals surface area (Å²) in [6, 6.07) is 9.07. The average molecular weight is 400 g/mol. The molecule has 0 atom stereocenters. The number of hydrogen-bond donors (Lipinski definition) is 1. The number of amides is 1. The number of carbonyl (C=O) groups excluding carboxylic acids is 1. The number of carbonyl (C=O) groups is 1. The molecule has 2 rings (SSSR count). The number of nitrogens with one attached hydrogen (secondary N) is 1. The van der Waals surface area contributed by atoms with Gasteiger partial charge in [0.2, 0.25) is 15.9 Å². The Labute approximate surface area is 155 Å². The molecule has 0 spiro atoms. The van der Waals surface area contributed by atoms with Crippen molar-refractivity contribution in [3.8, 4) is 0 Å². The zero-order valence-electron chi connectivity index (χ0n) is 15.0. The third-order valence-corrected chi connectivity index (χ3v) is 5.08. The van der Waals surface area contributed by atoms with Crippen molar-refractivity contribution < 1.29 is 26.4 Å². The second-order valence-corrected chi connectivity index (χ2v) is 8.07. The number of benzene rings is 2. The zero-order valence-corrected chi connectivity index (χ0v) is 15.8. The minimum absolute atomic E-state index is 0.0663. The molecular weight excluding hydrogens is 381 g/mol. The monoisotopic (exact) mass is 400 g/mol. The van der Waals surface area contributed by atoms with Crippen LogP contribution in [-0.4, -0.2) is 27.1 Å². The van der Waals surface area contributed by atoms with Crippen LogP contribution in [0.4, 0.5) is 24.5 Å². The lowest BCUT2D eigenvalue weighted by molar-refractivity contribution is -0.137. The maximum atomic E-state index is 12.8. The molecule has 0 aromatic heterocycles. The van der Waals surface area contributed by atoms with Crippen LogP contribution in [0.15, 0.2) is 42.5 Å². The summed E-state index contributed by atoms with van der Waals surface area (Å²) in [6.07, 6.45) is -3.58. The summed E-state index contributed by atoms with van der Waals surface area (Å²) in [5.41, 5.74) is 1.14. The van der Waals surface area contributed by atoms with E-state index in [1.54, 1.807) is 18.2 Å². The van der Waals surface area contributed by atoms with E-state index in [0.717, 1.165) is 39.9 Å². The molecule has 5 nitrogen and oxygen atoms in total. The molecule has 27 heavy (non-hydrogen) atoms. The van der Waals surface area contributed by atoms with Gasteiger partial charge in [0.1, 0.15) is 6.54 Å². The molecule has 0 aliphatic rings. The Kier molecular flexibility index (Phi) is 5.84. The SMILES string of the molecule is Cc1ccc(N(CC(=O)Nc2cccc(C(F)(F)F)c2)S(C)(=O)=O)cc1C. The Morgan fingerprint density at radius 1 is 1.07 bits per heavy atom. The van der Waals surface area contributed by atoms with Crippen molar-refractivity contribution in [2.75, 3.05) is 22.4 Å². The summed E-state index contributed by atoms with van der Waals surface area (Å²) in [5, 5.41) is 2.31. The first kappa shape index (κ1) is 20.8. The first-order valence-corrected chi connectivity index (χ1v) is 9.75. The van der Waals surface area contributed by atoms with Gasteiger partial charge in [-0.1, -0.05) is 12.1 Å². The lowest BCUT2D eigenvalue weighted by Gasteiger charge is -2.22. The smallest absolute Gasteiger partial charge is 0.325 e. The summed E-state index contributed by atoms with van der Waals surface area (Å²) in [6.45, 7) is 3.11. The zero-order chi connectivity index (χ0) is 20.4. The van der Waals surface area contributed by atoms with E-state index < -0.39 is 34.2 Å². The number of rotatable bonds is 5. The first-order valence-electron chi connectivity index (χ1n) is 7.90. The summed E-state index contributed by atoms with van der Waals surface area (Å²) < 4.78 is 63.4. The van der Waals surface area contributed by atoms with Gasteiger partial charge in [0.15, 0.2) is 0 Å². The Hall–Kier alpha value is -2.55. The van der Waals surface area contributed by atoms with Crippen molar-refractivity contribution >= 4 is 27.3 Å². The van der Waals surface area contributed by atoms with Gasteiger partial charge in [0, 0.05) is 5.69 Å². The Morgan fingerprint density at radius 3 is 2.30 bits per heavy atom. The molecule has 0 saturated heterocycles. The molecule has 0 aliphatic carbocycles. The highest BCUT2D eigenvalue weighted by molar-refractivity contribution is 7.92. The predicted molar refractivity (Wildman–Crippen MR) is 98.2 cm³/mol. The third-order valence-electron chi connectivity index (χ3n) is 3.94. The molecule has 2 aromatic carbocycles. The maximum Gasteiger partial charge on any atom is 0.416 e. The van der Waals surface area contributed by atoms with E-state index in [1.165, 1.54) is 6.07 Å². The number of aryl methyl sites for hydroxylation is 2. The lowest BCUT2D eigenvalue weighted by atomic mass is 10.1. The molecule has 0 saturated carbocycles. The number of sulfonamides is 1. The number of nitrogens with zero attached hydrogens (tertiary/aromatic N) is 1. The van der Waals surface area contributed by atoms with Gasteiger partial charge in [-0.25, -0.2) is 8.42 Å². The molecule has 2 aromatic rings. The van der Waals surface area contributed by atoms with Crippen molar-refractivity contribution in [3.63, 3.8) is 0 Å².